The SMILES string of the molecule is CC1(C)CCCc2c1nn(C1CCCCO1)c2-c1cccc(-c2c3c(nn2C2CCCCO2)C(C)(C)CCC3)n1. The van der Waals surface area contributed by atoms with Gasteiger partial charge in [0, 0.05) is 35.2 Å². The van der Waals surface area contributed by atoms with E-state index in [4.69, 9.17) is 24.7 Å². The van der Waals surface area contributed by atoms with E-state index in [1.165, 1.54) is 48.2 Å². The van der Waals surface area contributed by atoms with Gasteiger partial charge in [0.25, 0.3) is 0 Å². The van der Waals surface area contributed by atoms with Crippen molar-refractivity contribution in [2.45, 2.75) is 128 Å². The molecule has 3 aromatic rings. The number of ether oxygens (including phenoxy) is 2. The molecule has 2 aliphatic heterocycles. The lowest BCUT2D eigenvalue weighted by Gasteiger charge is -2.28. The smallest absolute Gasteiger partial charge is 0.150 e. The van der Waals surface area contributed by atoms with Crippen LogP contribution in [0.1, 0.15) is 127 Å². The predicted molar refractivity (Wildman–Crippen MR) is 156 cm³/mol. The number of rotatable bonds is 4. The van der Waals surface area contributed by atoms with Crippen molar-refractivity contribution in [3.8, 4) is 22.8 Å². The van der Waals surface area contributed by atoms with Crippen LogP contribution in [0.2, 0.25) is 0 Å². The van der Waals surface area contributed by atoms with Crippen molar-refractivity contribution in [2.75, 3.05) is 13.2 Å². The third kappa shape index (κ3) is 4.44. The molecule has 214 valence electrons. The van der Waals surface area contributed by atoms with Crippen LogP contribution in [-0.2, 0) is 33.1 Å². The van der Waals surface area contributed by atoms with E-state index >= 15 is 0 Å². The Morgan fingerprint density at radius 2 is 1.15 bits per heavy atom. The first-order valence-electron chi connectivity index (χ1n) is 15.8. The molecule has 0 spiro atoms. The van der Waals surface area contributed by atoms with Gasteiger partial charge in [-0.15, -0.1) is 0 Å². The van der Waals surface area contributed by atoms with Crippen LogP contribution in [-0.4, -0.2) is 37.8 Å². The van der Waals surface area contributed by atoms with Crippen LogP contribution in [0.15, 0.2) is 18.2 Å². The summed E-state index contributed by atoms with van der Waals surface area (Å²) in [6.45, 7) is 11.0. The molecule has 0 saturated carbocycles. The number of hydrogen-bond acceptors (Lipinski definition) is 5. The molecule has 0 aromatic carbocycles. The van der Waals surface area contributed by atoms with E-state index in [1.807, 2.05) is 0 Å². The first-order chi connectivity index (χ1) is 19.3. The van der Waals surface area contributed by atoms with Gasteiger partial charge < -0.3 is 9.47 Å². The highest BCUT2D eigenvalue weighted by molar-refractivity contribution is 5.69. The average molecular weight is 544 g/mol. The summed E-state index contributed by atoms with van der Waals surface area (Å²) < 4.78 is 17.0. The van der Waals surface area contributed by atoms with Crippen LogP contribution >= 0.6 is 0 Å². The molecular weight excluding hydrogens is 498 g/mol. The van der Waals surface area contributed by atoms with Gasteiger partial charge in [0.1, 0.15) is 0 Å². The van der Waals surface area contributed by atoms with Gasteiger partial charge in [-0.05, 0) is 89.2 Å². The normalized spacial score (nSPS) is 25.8. The largest absolute Gasteiger partial charge is 0.356 e. The molecule has 2 unspecified atom stereocenters. The van der Waals surface area contributed by atoms with Gasteiger partial charge in [-0.25, -0.2) is 14.3 Å². The Hall–Kier alpha value is -2.51. The number of fused-ring (bicyclic) bond motifs is 2. The van der Waals surface area contributed by atoms with E-state index in [0.29, 0.717) is 0 Å². The van der Waals surface area contributed by atoms with Crippen LogP contribution in [0, 0.1) is 0 Å². The van der Waals surface area contributed by atoms with Gasteiger partial charge in [0.2, 0.25) is 0 Å². The number of pyridine rings is 1. The molecule has 3 aromatic heterocycles. The standard InChI is InChI=1S/C33H45N5O2/c1-32(2)18-10-12-22-28(37(35-30(22)32)26-16-5-7-20-39-26)24-14-9-15-25(34-24)29-23-13-11-19-33(3,4)31(23)36-38(29)27-17-6-8-21-40-27/h9,14-15,26-27H,5-8,10-13,16-21H2,1-4H3. The van der Waals surface area contributed by atoms with Crippen LogP contribution < -0.4 is 0 Å². The minimum Gasteiger partial charge on any atom is -0.356 e. The number of aromatic nitrogens is 5. The van der Waals surface area contributed by atoms with E-state index in [1.54, 1.807) is 0 Å². The van der Waals surface area contributed by atoms with Gasteiger partial charge in [-0.3, -0.25) is 0 Å². The predicted octanol–water partition coefficient (Wildman–Crippen LogP) is 7.43. The van der Waals surface area contributed by atoms with Crippen molar-refractivity contribution < 1.29 is 9.47 Å². The molecule has 4 aliphatic rings. The maximum Gasteiger partial charge on any atom is 0.150 e. The highest BCUT2D eigenvalue weighted by atomic mass is 16.5. The zero-order valence-corrected chi connectivity index (χ0v) is 24.8. The molecular formula is C33H45N5O2. The monoisotopic (exact) mass is 543 g/mol. The summed E-state index contributed by atoms with van der Waals surface area (Å²) in [5.74, 6) is 0. The summed E-state index contributed by atoms with van der Waals surface area (Å²) in [7, 11) is 0. The third-order valence-electron chi connectivity index (χ3n) is 9.85. The first-order valence-corrected chi connectivity index (χ1v) is 15.8. The maximum atomic E-state index is 6.31. The van der Waals surface area contributed by atoms with Crippen molar-refractivity contribution in [1.29, 1.82) is 0 Å². The molecule has 40 heavy (non-hydrogen) atoms. The van der Waals surface area contributed by atoms with Crippen LogP contribution in [0.5, 0.6) is 0 Å². The second kappa shape index (κ2) is 10.1. The van der Waals surface area contributed by atoms with Gasteiger partial charge in [0.15, 0.2) is 12.5 Å². The highest BCUT2D eigenvalue weighted by Gasteiger charge is 2.38. The number of hydrogen-bond donors (Lipinski definition) is 0. The number of nitrogens with zero attached hydrogens (tertiary/aromatic N) is 5. The summed E-state index contributed by atoms with van der Waals surface area (Å²) in [5, 5.41) is 10.6. The van der Waals surface area contributed by atoms with E-state index in [2.05, 4.69) is 55.3 Å². The lowest BCUT2D eigenvalue weighted by atomic mass is 9.76. The fourth-order valence-electron chi connectivity index (χ4n) is 7.64. The highest BCUT2D eigenvalue weighted by Crippen LogP contribution is 2.45. The minimum absolute atomic E-state index is 0.0228. The van der Waals surface area contributed by atoms with Gasteiger partial charge in [-0.2, -0.15) is 10.2 Å². The zero-order chi connectivity index (χ0) is 27.5. The molecule has 0 N–H and O–H groups in total. The van der Waals surface area contributed by atoms with Crippen molar-refractivity contribution >= 4 is 0 Å². The lowest BCUT2D eigenvalue weighted by molar-refractivity contribution is -0.0387. The molecule has 0 amide bonds. The quantitative estimate of drug-likeness (QED) is 0.342. The second-order valence-corrected chi connectivity index (χ2v) is 13.8. The fourth-order valence-corrected chi connectivity index (χ4v) is 7.64. The lowest BCUT2D eigenvalue weighted by Crippen LogP contribution is -2.24. The maximum absolute atomic E-state index is 6.31. The molecule has 5 heterocycles. The summed E-state index contributed by atoms with van der Waals surface area (Å²) >= 11 is 0. The Balaban J connectivity index is 1.39. The Morgan fingerprint density at radius 3 is 1.57 bits per heavy atom. The van der Waals surface area contributed by atoms with Gasteiger partial charge in [0.05, 0.1) is 34.2 Å². The summed E-state index contributed by atoms with van der Waals surface area (Å²) in [4.78, 5) is 5.45. The van der Waals surface area contributed by atoms with Crippen LogP contribution in [0.25, 0.3) is 22.8 Å². The molecule has 7 rings (SSSR count). The van der Waals surface area contributed by atoms with Crippen molar-refractivity contribution in [3.63, 3.8) is 0 Å². The van der Waals surface area contributed by atoms with Crippen molar-refractivity contribution in [3.05, 3.63) is 40.7 Å². The van der Waals surface area contributed by atoms with E-state index in [0.717, 1.165) is 87.4 Å². The molecule has 2 aliphatic carbocycles. The Labute approximate surface area is 238 Å². The van der Waals surface area contributed by atoms with E-state index in [9.17, 15) is 0 Å². The molecule has 2 saturated heterocycles. The van der Waals surface area contributed by atoms with E-state index < -0.39 is 0 Å². The minimum atomic E-state index is -0.0228. The summed E-state index contributed by atoms with van der Waals surface area (Å²) in [6, 6.07) is 6.53. The topological polar surface area (TPSA) is 67.0 Å². The van der Waals surface area contributed by atoms with Crippen molar-refractivity contribution in [1.82, 2.24) is 24.5 Å². The Morgan fingerprint density at radius 1 is 0.675 bits per heavy atom. The second-order valence-electron chi connectivity index (χ2n) is 13.8. The molecule has 0 bridgehead atoms. The molecule has 2 atom stereocenters. The van der Waals surface area contributed by atoms with Gasteiger partial charge in [-0.1, -0.05) is 33.8 Å². The third-order valence-corrected chi connectivity index (χ3v) is 9.85. The summed E-state index contributed by atoms with van der Waals surface area (Å²) in [6.07, 6.45) is 13.3. The Bertz CT molecular complexity index is 1290. The average Bonchev–Trinajstić information content (AvgIpc) is 3.55. The van der Waals surface area contributed by atoms with Crippen molar-refractivity contribution in [2.24, 2.45) is 0 Å². The Kier molecular flexibility index (Phi) is 6.66. The van der Waals surface area contributed by atoms with E-state index in [-0.39, 0.29) is 23.3 Å². The zero-order valence-electron chi connectivity index (χ0n) is 24.8. The molecule has 0 radical (unpaired) electrons. The summed E-state index contributed by atoms with van der Waals surface area (Å²) in [5.41, 5.74) is 9.62. The molecule has 7 nitrogen and oxygen atoms in total. The van der Waals surface area contributed by atoms with Gasteiger partial charge >= 0.3 is 0 Å². The first kappa shape index (κ1) is 26.4. The van der Waals surface area contributed by atoms with Crippen LogP contribution in [0.3, 0.4) is 0 Å². The fraction of sp³-hybridized carbons (Fsp3) is 0.667. The molecule has 7 heteroatoms. The molecule has 2 fully saturated rings. The van der Waals surface area contributed by atoms with Crippen LogP contribution in [0.4, 0.5) is 0 Å².